The smallest absolute Gasteiger partial charge is 0.0363 e. The number of nitrogens with two attached hydrogens (primary N) is 1. The maximum Gasteiger partial charge on any atom is 0.0363 e. The molecule has 2 aliphatic rings. The predicted molar refractivity (Wildman–Crippen MR) is 85.9 cm³/mol. The summed E-state index contributed by atoms with van der Waals surface area (Å²) in [7, 11) is 2.24. The van der Waals surface area contributed by atoms with Gasteiger partial charge in [-0.2, -0.15) is 0 Å². The van der Waals surface area contributed by atoms with Crippen LogP contribution in [0.3, 0.4) is 0 Å². The summed E-state index contributed by atoms with van der Waals surface area (Å²) in [4.78, 5) is 2.44. The fraction of sp³-hybridized carbons (Fsp3) is 0.667. The van der Waals surface area contributed by atoms with Crippen molar-refractivity contribution in [3.8, 4) is 0 Å². The summed E-state index contributed by atoms with van der Waals surface area (Å²) >= 11 is 0. The molecule has 4 unspecified atom stereocenters. The monoisotopic (exact) mass is 272 g/mol. The first-order chi connectivity index (χ1) is 9.67. The molecule has 0 heterocycles. The van der Waals surface area contributed by atoms with Crippen molar-refractivity contribution in [3.05, 3.63) is 29.8 Å². The van der Waals surface area contributed by atoms with Gasteiger partial charge in [-0.3, -0.25) is 0 Å². The zero-order chi connectivity index (χ0) is 14.1. The van der Waals surface area contributed by atoms with E-state index in [9.17, 15) is 0 Å². The van der Waals surface area contributed by atoms with Crippen molar-refractivity contribution < 1.29 is 0 Å². The minimum atomic E-state index is 0.180. The van der Waals surface area contributed by atoms with Crippen LogP contribution in [0.5, 0.6) is 0 Å². The molecular formula is C18H28N2. The Morgan fingerprint density at radius 3 is 2.50 bits per heavy atom. The second-order valence-corrected chi connectivity index (χ2v) is 6.92. The van der Waals surface area contributed by atoms with Gasteiger partial charge in [0, 0.05) is 25.3 Å². The summed E-state index contributed by atoms with van der Waals surface area (Å²) in [5.41, 5.74) is 8.67. The van der Waals surface area contributed by atoms with Gasteiger partial charge in [0.2, 0.25) is 0 Å². The largest absolute Gasteiger partial charge is 0.374 e. The average Bonchev–Trinajstić information content (AvgIpc) is 3.09. The third-order valence-corrected chi connectivity index (χ3v) is 5.59. The fourth-order valence-corrected chi connectivity index (χ4v) is 4.27. The van der Waals surface area contributed by atoms with E-state index in [1.165, 1.54) is 43.5 Å². The van der Waals surface area contributed by atoms with E-state index < -0.39 is 0 Å². The SMILES string of the molecule is CCC(N)c1ccc(N(C)CC2CC3CCC2C3)cc1. The van der Waals surface area contributed by atoms with Crippen LogP contribution in [0.2, 0.25) is 0 Å². The summed E-state index contributed by atoms with van der Waals surface area (Å²) in [5, 5.41) is 0. The first kappa shape index (κ1) is 13.9. The molecule has 0 aromatic heterocycles. The van der Waals surface area contributed by atoms with E-state index in [1.807, 2.05) is 0 Å². The zero-order valence-electron chi connectivity index (χ0n) is 12.9. The number of rotatable bonds is 5. The van der Waals surface area contributed by atoms with E-state index in [0.29, 0.717) is 0 Å². The van der Waals surface area contributed by atoms with Gasteiger partial charge < -0.3 is 10.6 Å². The molecule has 0 amide bonds. The van der Waals surface area contributed by atoms with E-state index in [1.54, 1.807) is 0 Å². The molecular weight excluding hydrogens is 244 g/mol. The molecule has 0 spiro atoms. The van der Waals surface area contributed by atoms with Crippen LogP contribution in [0.4, 0.5) is 5.69 Å². The Kier molecular flexibility index (Phi) is 4.02. The number of hydrogen-bond acceptors (Lipinski definition) is 2. The van der Waals surface area contributed by atoms with Gasteiger partial charge >= 0.3 is 0 Å². The Morgan fingerprint density at radius 2 is 1.95 bits per heavy atom. The summed E-state index contributed by atoms with van der Waals surface area (Å²) < 4.78 is 0. The Labute approximate surface area is 123 Å². The van der Waals surface area contributed by atoms with Crippen LogP contribution in [-0.2, 0) is 0 Å². The van der Waals surface area contributed by atoms with Crippen molar-refractivity contribution in [2.24, 2.45) is 23.5 Å². The molecule has 0 aliphatic heterocycles. The van der Waals surface area contributed by atoms with E-state index in [-0.39, 0.29) is 6.04 Å². The molecule has 0 radical (unpaired) electrons. The highest BCUT2D eigenvalue weighted by Gasteiger charge is 2.39. The minimum absolute atomic E-state index is 0.180. The van der Waals surface area contributed by atoms with Crippen LogP contribution in [0.1, 0.15) is 50.6 Å². The Morgan fingerprint density at radius 1 is 1.20 bits per heavy atom. The Bertz CT molecular complexity index is 439. The standard InChI is InChI=1S/C18H28N2/c1-3-18(19)14-6-8-17(9-7-14)20(2)12-16-11-13-4-5-15(16)10-13/h6-9,13,15-16,18H,3-5,10-12,19H2,1-2H3. The molecule has 1 aromatic carbocycles. The summed E-state index contributed by atoms with van der Waals surface area (Å²) in [6, 6.07) is 9.04. The lowest BCUT2D eigenvalue weighted by Crippen LogP contribution is -2.28. The number of benzene rings is 1. The predicted octanol–water partition coefficient (Wildman–Crippen LogP) is 3.97. The van der Waals surface area contributed by atoms with Gasteiger partial charge in [-0.15, -0.1) is 0 Å². The molecule has 2 saturated carbocycles. The maximum absolute atomic E-state index is 6.08. The van der Waals surface area contributed by atoms with Crippen LogP contribution in [0.25, 0.3) is 0 Å². The van der Waals surface area contributed by atoms with Crippen molar-refractivity contribution in [2.75, 3.05) is 18.5 Å². The lowest BCUT2D eigenvalue weighted by Gasteiger charge is -2.28. The van der Waals surface area contributed by atoms with E-state index >= 15 is 0 Å². The topological polar surface area (TPSA) is 29.3 Å². The number of nitrogens with zero attached hydrogens (tertiary/aromatic N) is 1. The van der Waals surface area contributed by atoms with Crippen molar-refractivity contribution >= 4 is 5.69 Å². The third kappa shape index (κ3) is 2.71. The molecule has 0 saturated heterocycles. The maximum atomic E-state index is 6.08. The van der Waals surface area contributed by atoms with Crippen LogP contribution in [0, 0.1) is 17.8 Å². The molecule has 2 aliphatic carbocycles. The Balaban J connectivity index is 1.61. The van der Waals surface area contributed by atoms with E-state index in [4.69, 9.17) is 5.73 Å². The summed E-state index contributed by atoms with van der Waals surface area (Å²) in [6.45, 7) is 3.36. The van der Waals surface area contributed by atoms with Crippen molar-refractivity contribution in [1.82, 2.24) is 0 Å². The van der Waals surface area contributed by atoms with E-state index in [2.05, 4.69) is 43.1 Å². The number of anilines is 1. The first-order valence-electron chi connectivity index (χ1n) is 8.24. The minimum Gasteiger partial charge on any atom is -0.374 e. The second kappa shape index (κ2) is 5.77. The van der Waals surface area contributed by atoms with Gasteiger partial charge in [-0.25, -0.2) is 0 Å². The van der Waals surface area contributed by atoms with Crippen LogP contribution in [0.15, 0.2) is 24.3 Å². The van der Waals surface area contributed by atoms with Crippen LogP contribution >= 0.6 is 0 Å². The molecule has 2 fully saturated rings. The molecule has 2 N–H and O–H groups in total. The molecule has 2 bridgehead atoms. The molecule has 110 valence electrons. The highest BCUT2D eigenvalue weighted by molar-refractivity contribution is 5.47. The molecule has 4 atom stereocenters. The van der Waals surface area contributed by atoms with Crippen molar-refractivity contribution in [2.45, 2.75) is 45.1 Å². The Hall–Kier alpha value is -1.02. The third-order valence-electron chi connectivity index (χ3n) is 5.59. The second-order valence-electron chi connectivity index (χ2n) is 6.92. The van der Waals surface area contributed by atoms with Gasteiger partial charge in [0.05, 0.1) is 0 Å². The summed E-state index contributed by atoms with van der Waals surface area (Å²) in [5.74, 6) is 2.98. The first-order valence-corrected chi connectivity index (χ1v) is 8.24. The number of fused-ring (bicyclic) bond motifs is 2. The highest BCUT2D eigenvalue weighted by Crippen LogP contribution is 2.48. The molecule has 3 rings (SSSR count). The van der Waals surface area contributed by atoms with Crippen LogP contribution < -0.4 is 10.6 Å². The van der Waals surface area contributed by atoms with Crippen molar-refractivity contribution in [1.29, 1.82) is 0 Å². The normalized spacial score (nSPS) is 29.6. The van der Waals surface area contributed by atoms with Gasteiger partial charge in [-0.05, 0) is 61.1 Å². The number of hydrogen-bond donors (Lipinski definition) is 1. The quantitative estimate of drug-likeness (QED) is 0.879. The lowest BCUT2D eigenvalue weighted by molar-refractivity contribution is 0.337. The lowest BCUT2D eigenvalue weighted by atomic mass is 9.88. The molecule has 2 heteroatoms. The summed E-state index contributed by atoms with van der Waals surface area (Å²) in [6.07, 6.45) is 6.94. The van der Waals surface area contributed by atoms with Crippen LogP contribution in [-0.4, -0.2) is 13.6 Å². The molecule has 2 nitrogen and oxygen atoms in total. The molecule has 1 aromatic rings. The fourth-order valence-electron chi connectivity index (χ4n) is 4.27. The van der Waals surface area contributed by atoms with Gasteiger partial charge in [0.15, 0.2) is 0 Å². The van der Waals surface area contributed by atoms with Gasteiger partial charge in [-0.1, -0.05) is 25.5 Å². The van der Waals surface area contributed by atoms with Gasteiger partial charge in [0.25, 0.3) is 0 Å². The van der Waals surface area contributed by atoms with Crippen molar-refractivity contribution in [3.63, 3.8) is 0 Å². The van der Waals surface area contributed by atoms with E-state index in [0.717, 1.165) is 24.2 Å². The van der Waals surface area contributed by atoms with Gasteiger partial charge in [0.1, 0.15) is 0 Å². The highest BCUT2D eigenvalue weighted by atomic mass is 15.1. The molecule has 20 heavy (non-hydrogen) atoms. The average molecular weight is 272 g/mol. The zero-order valence-corrected chi connectivity index (χ0v) is 12.9.